The normalized spacial score (nSPS) is 14.0. The summed E-state index contributed by atoms with van der Waals surface area (Å²) >= 11 is 9.47. The van der Waals surface area contributed by atoms with Crippen LogP contribution in [-0.2, 0) is 9.59 Å². The lowest BCUT2D eigenvalue weighted by Crippen LogP contribution is -2.46. The number of carbonyl (C=O) groups excluding carboxylic acids is 3. The summed E-state index contributed by atoms with van der Waals surface area (Å²) in [5, 5.41) is 3.57. The lowest BCUT2D eigenvalue weighted by Gasteiger charge is -2.32. The molecule has 0 saturated carbocycles. The van der Waals surface area contributed by atoms with Crippen molar-refractivity contribution in [3.05, 3.63) is 57.5 Å². The smallest absolute Gasteiger partial charge is 0.308 e. The molecule has 1 heterocycles. The first-order chi connectivity index (χ1) is 15.8. The molecule has 0 atom stereocenters. The number of hydrogen-bond donors (Lipinski definition) is 1. The molecule has 1 saturated heterocycles. The van der Waals surface area contributed by atoms with Gasteiger partial charge in [-0.1, -0.05) is 33.6 Å². The molecular formula is C24H26BrClN2O5. The van der Waals surface area contributed by atoms with E-state index in [1.165, 1.54) is 6.92 Å². The number of ether oxygens (including phenoxy) is 2. The molecule has 1 aliphatic rings. The molecule has 2 amide bonds. The quantitative estimate of drug-likeness (QED) is 0.302. The molecule has 0 spiro atoms. The summed E-state index contributed by atoms with van der Waals surface area (Å²) in [5.41, 5.74) is 0.474. The molecule has 0 unspecified atom stereocenters. The summed E-state index contributed by atoms with van der Waals surface area (Å²) in [6, 6.07) is 12.0. The van der Waals surface area contributed by atoms with Crippen LogP contribution in [0, 0.1) is 0 Å². The molecule has 1 N–H and O–H groups in total. The van der Waals surface area contributed by atoms with E-state index in [0.29, 0.717) is 67.5 Å². The van der Waals surface area contributed by atoms with E-state index in [1.54, 1.807) is 41.3 Å². The van der Waals surface area contributed by atoms with E-state index in [2.05, 4.69) is 21.2 Å². The minimum absolute atomic E-state index is 0.0284. The van der Waals surface area contributed by atoms with Crippen LogP contribution in [0.1, 0.15) is 43.0 Å². The van der Waals surface area contributed by atoms with Crippen LogP contribution in [-0.4, -0.2) is 48.4 Å². The van der Waals surface area contributed by atoms with Crippen LogP contribution in [0.2, 0.25) is 5.02 Å². The molecule has 0 aliphatic carbocycles. The summed E-state index contributed by atoms with van der Waals surface area (Å²) < 4.78 is 11.6. The summed E-state index contributed by atoms with van der Waals surface area (Å²) in [6.07, 6.45) is 2.31. The van der Waals surface area contributed by atoms with Gasteiger partial charge in [-0.15, -0.1) is 0 Å². The second-order valence-corrected chi connectivity index (χ2v) is 9.11. The number of nitrogens with zero attached hydrogens (tertiary/aromatic N) is 1. The zero-order chi connectivity index (χ0) is 23.8. The SMILES string of the molecule is CC(=O)Oc1cccc(C(=O)N2CCC(NC(=O)CCCOc3ccc(Br)cc3Cl)CC2)c1. The second-order valence-electron chi connectivity index (χ2n) is 7.78. The Balaban J connectivity index is 1.37. The maximum atomic E-state index is 12.8. The van der Waals surface area contributed by atoms with Gasteiger partial charge in [0.15, 0.2) is 0 Å². The van der Waals surface area contributed by atoms with E-state index >= 15 is 0 Å². The van der Waals surface area contributed by atoms with Crippen LogP contribution < -0.4 is 14.8 Å². The Labute approximate surface area is 206 Å². The van der Waals surface area contributed by atoms with Gasteiger partial charge in [-0.3, -0.25) is 14.4 Å². The van der Waals surface area contributed by atoms with Gasteiger partial charge in [0.2, 0.25) is 5.91 Å². The van der Waals surface area contributed by atoms with Crippen molar-refractivity contribution in [3.8, 4) is 11.5 Å². The number of nitrogens with one attached hydrogen (secondary N) is 1. The largest absolute Gasteiger partial charge is 0.492 e. The first kappa shape index (κ1) is 25.1. The standard InChI is InChI=1S/C24H26BrClN2O5/c1-16(29)33-20-5-2-4-17(14-20)24(31)28-11-9-19(10-12-28)27-23(30)6-3-13-32-22-8-7-18(25)15-21(22)26/h2,4-5,7-8,14-15,19H,3,6,9-13H2,1H3,(H,27,30). The van der Waals surface area contributed by atoms with Gasteiger partial charge in [0.1, 0.15) is 11.5 Å². The highest BCUT2D eigenvalue weighted by molar-refractivity contribution is 9.10. The van der Waals surface area contributed by atoms with E-state index in [-0.39, 0.29) is 17.9 Å². The van der Waals surface area contributed by atoms with Gasteiger partial charge in [-0.25, -0.2) is 0 Å². The van der Waals surface area contributed by atoms with Crippen molar-refractivity contribution in [1.29, 1.82) is 0 Å². The average Bonchev–Trinajstić information content (AvgIpc) is 2.77. The third-order valence-electron chi connectivity index (χ3n) is 5.19. The van der Waals surface area contributed by atoms with Gasteiger partial charge >= 0.3 is 5.97 Å². The maximum Gasteiger partial charge on any atom is 0.308 e. The molecule has 0 radical (unpaired) electrons. The van der Waals surface area contributed by atoms with E-state index in [4.69, 9.17) is 21.1 Å². The fraction of sp³-hybridized carbons (Fsp3) is 0.375. The molecule has 176 valence electrons. The Morgan fingerprint density at radius 2 is 1.91 bits per heavy atom. The van der Waals surface area contributed by atoms with Crippen molar-refractivity contribution in [1.82, 2.24) is 10.2 Å². The van der Waals surface area contributed by atoms with Crippen LogP contribution in [0.5, 0.6) is 11.5 Å². The summed E-state index contributed by atoms with van der Waals surface area (Å²) in [4.78, 5) is 37.9. The van der Waals surface area contributed by atoms with E-state index in [0.717, 1.165) is 4.47 Å². The number of benzene rings is 2. The van der Waals surface area contributed by atoms with Crippen molar-refractivity contribution >= 4 is 45.3 Å². The first-order valence-electron chi connectivity index (χ1n) is 10.8. The average molecular weight is 538 g/mol. The van der Waals surface area contributed by atoms with Crippen LogP contribution in [0.3, 0.4) is 0 Å². The summed E-state index contributed by atoms with van der Waals surface area (Å²) in [6.45, 7) is 2.81. The monoisotopic (exact) mass is 536 g/mol. The number of halogens is 2. The highest BCUT2D eigenvalue weighted by Crippen LogP contribution is 2.27. The molecular weight excluding hydrogens is 512 g/mol. The lowest BCUT2D eigenvalue weighted by molar-refractivity contribution is -0.132. The second kappa shape index (κ2) is 12.0. The minimum Gasteiger partial charge on any atom is -0.492 e. The molecule has 9 heteroatoms. The topological polar surface area (TPSA) is 84.9 Å². The number of rotatable bonds is 8. The predicted molar refractivity (Wildman–Crippen MR) is 129 cm³/mol. The van der Waals surface area contributed by atoms with Gasteiger partial charge in [-0.2, -0.15) is 0 Å². The number of amides is 2. The van der Waals surface area contributed by atoms with Crippen LogP contribution in [0.4, 0.5) is 0 Å². The van der Waals surface area contributed by atoms with Crippen molar-refractivity contribution in [3.63, 3.8) is 0 Å². The summed E-state index contributed by atoms with van der Waals surface area (Å²) in [5.74, 6) is 0.370. The molecule has 33 heavy (non-hydrogen) atoms. The van der Waals surface area contributed by atoms with Crippen LogP contribution >= 0.6 is 27.5 Å². The van der Waals surface area contributed by atoms with Crippen molar-refractivity contribution in [2.24, 2.45) is 0 Å². The molecule has 0 aromatic heterocycles. The Bertz CT molecular complexity index is 1010. The Kier molecular flexibility index (Phi) is 9.14. The number of carbonyl (C=O) groups is 3. The number of hydrogen-bond acceptors (Lipinski definition) is 5. The van der Waals surface area contributed by atoms with E-state index in [1.807, 2.05) is 6.07 Å². The maximum absolute atomic E-state index is 12.8. The molecule has 1 fully saturated rings. The number of piperidine rings is 1. The third-order valence-corrected chi connectivity index (χ3v) is 5.98. The predicted octanol–water partition coefficient (Wildman–Crippen LogP) is 4.61. The zero-order valence-electron chi connectivity index (χ0n) is 18.3. The van der Waals surface area contributed by atoms with Crippen molar-refractivity contribution in [2.75, 3.05) is 19.7 Å². The van der Waals surface area contributed by atoms with Crippen molar-refractivity contribution in [2.45, 2.75) is 38.6 Å². The molecule has 1 aliphatic heterocycles. The van der Waals surface area contributed by atoms with Gasteiger partial charge in [0, 0.05) is 42.5 Å². The lowest BCUT2D eigenvalue weighted by atomic mass is 10.0. The third kappa shape index (κ3) is 7.75. The number of likely N-dealkylation sites (tertiary alicyclic amines) is 1. The van der Waals surface area contributed by atoms with Gasteiger partial charge in [0.05, 0.1) is 11.6 Å². The minimum atomic E-state index is -0.431. The van der Waals surface area contributed by atoms with Gasteiger partial charge < -0.3 is 19.7 Å². The zero-order valence-corrected chi connectivity index (χ0v) is 20.7. The molecule has 3 rings (SSSR count). The highest BCUT2D eigenvalue weighted by atomic mass is 79.9. The molecule has 0 bridgehead atoms. The molecule has 2 aromatic carbocycles. The van der Waals surface area contributed by atoms with Gasteiger partial charge in [-0.05, 0) is 55.7 Å². The highest BCUT2D eigenvalue weighted by Gasteiger charge is 2.24. The Morgan fingerprint density at radius 1 is 1.15 bits per heavy atom. The Morgan fingerprint density at radius 3 is 2.61 bits per heavy atom. The van der Waals surface area contributed by atoms with E-state index in [9.17, 15) is 14.4 Å². The molecule has 7 nitrogen and oxygen atoms in total. The summed E-state index contributed by atoms with van der Waals surface area (Å²) in [7, 11) is 0. The molecule has 2 aromatic rings. The van der Waals surface area contributed by atoms with Gasteiger partial charge in [0.25, 0.3) is 5.91 Å². The number of esters is 1. The van der Waals surface area contributed by atoms with E-state index < -0.39 is 5.97 Å². The fourth-order valence-corrected chi connectivity index (χ4v) is 4.30. The van der Waals surface area contributed by atoms with Crippen LogP contribution in [0.25, 0.3) is 0 Å². The van der Waals surface area contributed by atoms with Crippen LogP contribution in [0.15, 0.2) is 46.9 Å². The Hall–Kier alpha value is -2.58. The fourth-order valence-electron chi connectivity index (χ4n) is 3.58. The first-order valence-corrected chi connectivity index (χ1v) is 11.9. The van der Waals surface area contributed by atoms with Crippen molar-refractivity contribution < 1.29 is 23.9 Å².